The smallest absolute Gasteiger partial charge is 0.309 e. The van der Waals surface area contributed by atoms with Gasteiger partial charge in [-0.05, 0) is 6.92 Å². The first-order chi connectivity index (χ1) is 5.18. The van der Waals surface area contributed by atoms with E-state index < -0.39 is 12.2 Å². The molecular formula is C7H10O4. The van der Waals surface area contributed by atoms with Crippen LogP contribution < -0.4 is 0 Å². The normalized spacial score (nSPS) is 49.1. The molecule has 4 heteroatoms. The van der Waals surface area contributed by atoms with Crippen molar-refractivity contribution >= 4 is 5.97 Å². The minimum absolute atomic E-state index is 0.210. The van der Waals surface area contributed by atoms with E-state index in [4.69, 9.17) is 9.47 Å². The van der Waals surface area contributed by atoms with Crippen LogP contribution in [0.2, 0.25) is 0 Å². The first-order valence-electron chi connectivity index (χ1n) is 3.71. The molecule has 2 fully saturated rings. The number of carbonyl (C=O) groups is 1. The van der Waals surface area contributed by atoms with Gasteiger partial charge in [0.15, 0.2) is 6.10 Å². The maximum Gasteiger partial charge on any atom is 0.309 e. The van der Waals surface area contributed by atoms with Crippen molar-refractivity contribution in [3.8, 4) is 0 Å². The number of ether oxygens (including phenoxy) is 2. The Morgan fingerprint density at radius 1 is 1.64 bits per heavy atom. The Morgan fingerprint density at radius 3 is 3.00 bits per heavy atom. The molecule has 11 heavy (non-hydrogen) atoms. The van der Waals surface area contributed by atoms with Gasteiger partial charge in [-0.1, -0.05) is 0 Å². The van der Waals surface area contributed by atoms with E-state index in [2.05, 4.69) is 0 Å². The second-order valence-electron chi connectivity index (χ2n) is 3.03. The summed E-state index contributed by atoms with van der Waals surface area (Å²) in [6.07, 6.45) is -1.21. The Hall–Kier alpha value is -0.610. The monoisotopic (exact) mass is 158 g/mol. The molecule has 0 saturated carbocycles. The molecule has 0 aromatic rings. The van der Waals surface area contributed by atoms with Crippen LogP contribution in [0, 0.1) is 0 Å². The third-order valence-electron chi connectivity index (χ3n) is 2.21. The highest BCUT2D eigenvalue weighted by atomic mass is 16.6. The van der Waals surface area contributed by atoms with Crippen molar-refractivity contribution in [1.82, 2.24) is 0 Å². The Kier molecular flexibility index (Phi) is 1.40. The molecule has 0 aromatic heterocycles. The summed E-state index contributed by atoms with van der Waals surface area (Å²) in [4.78, 5) is 10.7. The summed E-state index contributed by atoms with van der Waals surface area (Å²) < 4.78 is 10.1. The number of aliphatic hydroxyl groups excluding tert-OH is 1. The van der Waals surface area contributed by atoms with E-state index in [9.17, 15) is 9.90 Å². The average Bonchev–Trinajstić information content (AvgIpc) is 2.37. The lowest BCUT2D eigenvalue weighted by Gasteiger charge is -2.11. The lowest BCUT2D eigenvalue weighted by atomic mass is 10.1. The molecule has 4 atom stereocenters. The molecule has 1 N–H and O–H groups in total. The molecule has 0 radical (unpaired) electrons. The zero-order valence-corrected chi connectivity index (χ0v) is 6.19. The molecule has 0 aliphatic carbocycles. The molecule has 2 heterocycles. The van der Waals surface area contributed by atoms with E-state index in [1.165, 1.54) is 0 Å². The van der Waals surface area contributed by atoms with Gasteiger partial charge in [0.25, 0.3) is 0 Å². The van der Waals surface area contributed by atoms with Crippen molar-refractivity contribution in [2.24, 2.45) is 0 Å². The lowest BCUT2D eigenvalue weighted by molar-refractivity contribution is -0.145. The fourth-order valence-corrected chi connectivity index (χ4v) is 1.59. The van der Waals surface area contributed by atoms with Crippen LogP contribution in [0.4, 0.5) is 0 Å². The van der Waals surface area contributed by atoms with Gasteiger partial charge in [-0.25, -0.2) is 0 Å². The molecule has 62 valence electrons. The summed E-state index contributed by atoms with van der Waals surface area (Å²) in [5, 5.41) is 9.38. The van der Waals surface area contributed by atoms with Crippen LogP contribution in [-0.4, -0.2) is 35.5 Å². The SMILES string of the molecule is C[C@H]1OC2CC(=O)OC2[C@H]1O. The Bertz CT molecular complexity index is 191. The van der Waals surface area contributed by atoms with Crippen LogP contribution in [0.25, 0.3) is 0 Å². The third kappa shape index (κ3) is 0.937. The predicted octanol–water partition coefficient (Wildman–Crippen LogP) is -0.550. The fraction of sp³-hybridized carbons (Fsp3) is 0.857. The fourth-order valence-electron chi connectivity index (χ4n) is 1.59. The van der Waals surface area contributed by atoms with Crippen LogP contribution in [0.1, 0.15) is 13.3 Å². The van der Waals surface area contributed by atoms with Gasteiger partial charge in [0.05, 0.1) is 12.5 Å². The van der Waals surface area contributed by atoms with Gasteiger partial charge in [-0.15, -0.1) is 0 Å². The van der Waals surface area contributed by atoms with Gasteiger partial charge in [-0.3, -0.25) is 4.79 Å². The molecule has 2 aliphatic heterocycles. The molecule has 0 amide bonds. The topological polar surface area (TPSA) is 55.8 Å². The molecule has 4 nitrogen and oxygen atoms in total. The maximum absolute atomic E-state index is 10.7. The van der Waals surface area contributed by atoms with Crippen molar-refractivity contribution in [1.29, 1.82) is 0 Å². The highest BCUT2D eigenvalue weighted by molar-refractivity contribution is 5.72. The zero-order valence-electron chi connectivity index (χ0n) is 6.19. The van der Waals surface area contributed by atoms with Gasteiger partial charge in [0.2, 0.25) is 0 Å². The largest absolute Gasteiger partial charge is 0.457 e. The quantitative estimate of drug-likeness (QED) is 0.480. The summed E-state index contributed by atoms with van der Waals surface area (Å²) in [5.41, 5.74) is 0. The van der Waals surface area contributed by atoms with Crippen LogP contribution >= 0.6 is 0 Å². The van der Waals surface area contributed by atoms with E-state index in [0.29, 0.717) is 0 Å². The number of esters is 1. The van der Waals surface area contributed by atoms with Crippen LogP contribution in [0.15, 0.2) is 0 Å². The molecule has 0 aromatic carbocycles. The van der Waals surface area contributed by atoms with Gasteiger partial charge >= 0.3 is 5.97 Å². The second kappa shape index (κ2) is 2.19. The highest BCUT2D eigenvalue weighted by Gasteiger charge is 2.49. The van der Waals surface area contributed by atoms with Gasteiger partial charge in [-0.2, -0.15) is 0 Å². The number of aliphatic hydroxyl groups is 1. The summed E-state index contributed by atoms with van der Waals surface area (Å²) in [5.74, 6) is -0.272. The van der Waals surface area contributed by atoms with Gasteiger partial charge in [0, 0.05) is 0 Å². The van der Waals surface area contributed by atoms with Crippen LogP contribution in [0.5, 0.6) is 0 Å². The predicted molar refractivity (Wildman–Crippen MR) is 34.8 cm³/mol. The van der Waals surface area contributed by atoms with E-state index in [0.717, 1.165) is 0 Å². The van der Waals surface area contributed by atoms with Crippen molar-refractivity contribution in [2.75, 3.05) is 0 Å². The van der Waals surface area contributed by atoms with Crippen molar-refractivity contribution in [2.45, 2.75) is 37.8 Å². The first-order valence-corrected chi connectivity index (χ1v) is 3.71. The number of carbonyl (C=O) groups excluding carboxylic acids is 1. The number of fused-ring (bicyclic) bond motifs is 1. The lowest BCUT2D eigenvalue weighted by Crippen LogP contribution is -2.30. The molecule has 2 aliphatic rings. The summed E-state index contributed by atoms with van der Waals surface area (Å²) >= 11 is 0. The van der Waals surface area contributed by atoms with E-state index >= 15 is 0 Å². The van der Waals surface area contributed by atoms with Crippen molar-refractivity contribution in [3.63, 3.8) is 0 Å². The van der Waals surface area contributed by atoms with Crippen molar-refractivity contribution < 1.29 is 19.4 Å². The Labute approximate surface area is 64.1 Å². The molecule has 0 spiro atoms. The Balaban J connectivity index is 2.13. The molecule has 0 bridgehead atoms. The molecule has 2 rings (SSSR count). The number of rotatable bonds is 0. The summed E-state index contributed by atoms with van der Waals surface area (Å²) in [6, 6.07) is 0. The first kappa shape index (κ1) is 7.06. The van der Waals surface area contributed by atoms with Gasteiger partial charge < -0.3 is 14.6 Å². The third-order valence-corrected chi connectivity index (χ3v) is 2.21. The van der Waals surface area contributed by atoms with Crippen LogP contribution in [-0.2, 0) is 14.3 Å². The minimum Gasteiger partial charge on any atom is -0.457 e. The minimum atomic E-state index is -0.647. The second-order valence-corrected chi connectivity index (χ2v) is 3.03. The molecule has 2 saturated heterocycles. The standard InChI is InChI=1S/C7H10O4/c1-3-6(9)7-4(10-3)2-5(8)11-7/h3-4,6-7,9H,2H2,1H3/t3-,4?,6+,7?/m1/s1. The summed E-state index contributed by atoms with van der Waals surface area (Å²) in [7, 11) is 0. The Morgan fingerprint density at radius 2 is 2.36 bits per heavy atom. The van der Waals surface area contributed by atoms with Gasteiger partial charge in [0.1, 0.15) is 12.2 Å². The zero-order chi connectivity index (χ0) is 8.01. The van der Waals surface area contributed by atoms with E-state index in [1.54, 1.807) is 6.92 Å². The summed E-state index contributed by atoms with van der Waals surface area (Å²) in [6.45, 7) is 1.77. The highest BCUT2D eigenvalue weighted by Crippen LogP contribution is 2.31. The average molecular weight is 158 g/mol. The van der Waals surface area contributed by atoms with E-state index in [-0.39, 0.29) is 24.6 Å². The van der Waals surface area contributed by atoms with E-state index in [1.807, 2.05) is 0 Å². The maximum atomic E-state index is 10.7. The number of hydrogen-bond donors (Lipinski definition) is 1. The molecule has 2 unspecified atom stereocenters. The van der Waals surface area contributed by atoms with Crippen LogP contribution in [0.3, 0.4) is 0 Å². The number of hydrogen-bond acceptors (Lipinski definition) is 4. The van der Waals surface area contributed by atoms with Crippen molar-refractivity contribution in [3.05, 3.63) is 0 Å². The molecular weight excluding hydrogens is 148 g/mol.